The van der Waals surface area contributed by atoms with Gasteiger partial charge in [-0.3, -0.25) is 4.79 Å². The van der Waals surface area contributed by atoms with E-state index in [1.54, 1.807) is 0 Å². The van der Waals surface area contributed by atoms with Gasteiger partial charge in [0.1, 0.15) is 5.82 Å². The van der Waals surface area contributed by atoms with E-state index in [9.17, 15) is 13.6 Å². The second-order valence-corrected chi connectivity index (χ2v) is 5.23. The van der Waals surface area contributed by atoms with Crippen LogP contribution in [0.2, 0.25) is 0 Å². The highest BCUT2D eigenvalue weighted by molar-refractivity contribution is 5.78. The molecule has 1 heterocycles. The first-order valence-electron chi connectivity index (χ1n) is 7.26. The number of aromatic nitrogens is 2. The summed E-state index contributed by atoms with van der Waals surface area (Å²) < 4.78 is 25.9. The zero-order valence-corrected chi connectivity index (χ0v) is 12.3. The molecule has 3 rings (SSSR count). The van der Waals surface area contributed by atoms with Crippen LogP contribution in [0.4, 0.5) is 8.78 Å². The zero-order valence-electron chi connectivity index (χ0n) is 12.3. The highest BCUT2D eigenvalue weighted by atomic mass is 19.2. The minimum Gasteiger partial charge on any atom is -0.355 e. The fraction of sp³-hybridized carbons (Fsp3) is 0.176. The van der Waals surface area contributed by atoms with Crippen molar-refractivity contribution in [3.63, 3.8) is 0 Å². The molecule has 1 amide bonds. The Hall–Kier alpha value is -2.76. The van der Waals surface area contributed by atoms with Gasteiger partial charge in [-0.25, -0.2) is 13.8 Å². The quantitative estimate of drug-likeness (QED) is 0.760. The first-order chi connectivity index (χ1) is 11.1. The third-order valence-corrected chi connectivity index (χ3v) is 3.47. The van der Waals surface area contributed by atoms with E-state index in [0.717, 1.165) is 29.0 Å². The Balaban J connectivity index is 1.51. The molecule has 0 saturated carbocycles. The molecule has 2 aromatic carbocycles. The number of amides is 1. The van der Waals surface area contributed by atoms with E-state index in [1.807, 2.05) is 24.3 Å². The van der Waals surface area contributed by atoms with Crippen LogP contribution in [0.1, 0.15) is 11.4 Å². The van der Waals surface area contributed by atoms with Crippen molar-refractivity contribution in [3.05, 3.63) is 65.5 Å². The van der Waals surface area contributed by atoms with Crippen molar-refractivity contribution in [2.24, 2.45) is 0 Å². The van der Waals surface area contributed by atoms with Crippen molar-refractivity contribution < 1.29 is 13.6 Å². The maximum atomic E-state index is 13.1. The Bertz CT molecular complexity index is 812. The number of halogens is 2. The van der Waals surface area contributed by atoms with Crippen molar-refractivity contribution in [3.8, 4) is 0 Å². The standard InChI is InChI=1S/C17H15F2N3O/c18-12-6-5-11(9-13(12)19)10-17(23)20-8-7-16-21-14-3-1-2-4-15(14)22-16/h1-6,9H,7-8,10H2,(H,20,23)(H,21,22). The van der Waals surface area contributed by atoms with Crippen LogP contribution in [-0.2, 0) is 17.6 Å². The van der Waals surface area contributed by atoms with E-state index < -0.39 is 11.6 Å². The lowest BCUT2D eigenvalue weighted by Crippen LogP contribution is -2.27. The number of carbonyl (C=O) groups is 1. The molecule has 0 fully saturated rings. The van der Waals surface area contributed by atoms with Gasteiger partial charge >= 0.3 is 0 Å². The Morgan fingerprint density at radius 3 is 2.74 bits per heavy atom. The molecule has 118 valence electrons. The Kier molecular flexibility index (Phi) is 4.32. The number of nitrogens with one attached hydrogen (secondary N) is 2. The summed E-state index contributed by atoms with van der Waals surface area (Å²) in [5, 5.41) is 2.74. The van der Waals surface area contributed by atoms with Gasteiger partial charge in [-0.15, -0.1) is 0 Å². The molecule has 4 nitrogen and oxygen atoms in total. The van der Waals surface area contributed by atoms with Gasteiger partial charge in [-0.1, -0.05) is 18.2 Å². The van der Waals surface area contributed by atoms with Crippen LogP contribution in [0.3, 0.4) is 0 Å². The summed E-state index contributed by atoms with van der Waals surface area (Å²) in [6.45, 7) is 0.419. The lowest BCUT2D eigenvalue weighted by molar-refractivity contribution is -0.120. The Morgan fingerprint density at radius 1 is 1.13 bits per heavy atom. The van der Waals surface area contributed by atoms with Crippen molar-refractivity contribution in [2.75, 3.05) is 6.54 Å². The zero-order chi connectivity index (χ0) is 16.2. The maximum absolute atomic E-state index is 13.1. The topological polar surface area (TPSA) is 57.8 Å². The number of carbonyl (C=O) groups excluding carboxylic acids is 1. The molecule has 0 aliphatic carbocycles. The summed E-state index contributed by atoms with van der Waals surface area (Å²) in [5.41, 5.74) is 2.27. The highest BCUT2D eigenvalue weighted by Gasteiger charge is 2.08. The van der Waals surface area contributed by atoms with E-state index in [1.165, 1.54) is 6.07 Å². The summed E-state index contributed by atoms with van der Waals surface area (Å²) in [6.07, 6.45) is 0.579. The average molecular weight is 315 g/mol. The van der Waals surface area contributed by atoms with Gasteiger partial charge in [0, 0.05) is 13.0 Å². The SMILES string of the molecule is O=C(Cc1ccc(F)c(F)c1)NCCc1nc2ccccc2[nH]1. The summed E-state index contributed by atoms with van der Waals surface area (Å²) in [4.78, 5) is 19.4. The van der Waals surface area contributed by atoms with Crippen LogP contribution in [0.5, 0.6) is 0 Å². The lowest BCUT2D eigenvalue weighted by Gasteiger charge is -2.04. The molecule has 2 N–H and O–H groups in total. The van der Waals surface area contributed by atoms with Gasteiger partial charge in [0.05, 0.1) is 17.5 Å². The monoisotopic (exact) mass is 315 g/mol. The third-order valence-electron chi connectivity index (χ3n) is 3.47. The van der Waals surface area contributed by atoms with Crippen molar-refractivity contribution >= 4 is 16.9 Å². The van der Waals surface area contributed by atoms with Gasteiger partial charge in [-0.05, 0) is 29.8 Å². The van der Waals surface area contributed by atoms with E-state index in [-0.39, 0.29) is 12.3 Å². The van der Waals surface area contributed by atoms with E-state index in [0.29, 0.717) is 18.5 Å². The number of hydrogen-bond acceptors (Lipinski definition) is 2. The van der Waals surface area contributed by atoms with Crippen LogP contribution in [0, 0.1) is 11.6 Å². The minimum atomic E-state index is -0.947. The van der Waals surface area contributed by atoms with E-state index >= 15 is 0 Å². The summed E-state index contributed by atoms with van der Waals surface area (Å²) >= 11 is 0. The lowest BCUT2D eigenvalue weighted by atomic mass is 10.1. The summed E-state index contributed by atoms with van der Waals surface area (Å²) in [7, 11) is 0. The normalized spacial score (nSPS) is 10.9. The minimum absolute atomic E-state index is 0.0112. The van der Waals surface area contributed by atoms with Gasteiger partial charge in [0.25, 0.3) is 0 Å². The van der Waals surface area contributed by atoms with Gasteiger partial charge < -0.3 is 10.3 Å². The molecule has 0 unspecified atom stereocenters. The molecule has 0 spiro atoms. The summed E-state index contributed by atoms with van der Waals surface area (Å²) in [6, 6.07) is 11.1. The van der Waals surface area contributed by atoms with Crippen molar-refractivity contribution in [1.29, 1.82) is 0 Å². The molecule has 0 saturated heterocycles. The first-order valence-corrected chi connectivity index (χ1v) is 7.26. The van der Waals surface area contributed by atoms with Gasteiger partial charge in [0.2, 0.25) is 5.91 Å². The molecule has 0 bridgehead atoms. The molecular formula is C17H15F2N3O. The number of aromatic amines is 1. The van der Waals surface area contributed by atoms with Crippen LogP contribution < -0.4 is 5.32 Å². The maximum Gasteiger partial charge on any atom is 0.224 e. The molecule has 0 radical (unpaired) electrons. The van der Waals surface area contributed by atoms with Crippen LogP contribution >= 0.6 is 0 Å². The number of benzene rings is 2. The average Bonchev–Trinajstić information content (AvgIpc) is 2.93. The summed E-state index contributed by atoms with van der Waals surface area (Å²) in [5.74, 6) is -1.32. The predicted molar refractivity (Wildman–Crippen MR) is 82.9 cm³/mol. The molecular weight excluding hydrogens is 300 g/mol. The number of H-pyrrole nitrogens is 1. The highest BCUT2D eigenvalue weighted by Crippen LogP contribution is 2.11. The second-order valence-electron chi connectivity index (χ2n) is 5.23. The van der Waals surface area contributed by atoms with Crippen molar-refractivity contribution in [2.45, 2.75) is 12.8 Å². The number of fused-ring (bicyclic) bond motifs is 1. The van der Waals surface area contributed by atoms with Crippen LogP contribution in [-0.4, -0.2) is 22.4 Å². The molecule has 0 atom stereocenters. The molecule has 3 aromatic rings. The molecule has 0 aliphatic heterocycles. The van der Waals surface area contributed by atoms with Gasteiger partial charge in [0.15, 0.2) is 11.6 Å². The second kappa shape index (κ2) is 6.56. The number of rotatable bonds is 5. The fourth-order valence-electron chi connectivity index (χ4n) is 2.34. The smallest absolute Gasteiger partial charge is 0.224 e. The largest absolute Gasteiger partial charge is 0.355 e. The molecule has 23 heavy (non-hydrogen) atoms. The molecule has 0 aliphatic rings. The number of para-hydroxylation sites is 2. The van der Waals surface area contributed by atoms with Crippen LogP contribution in [0.25, 0.3) is 11.0 Å². The fourth-order valence-corrected chi connectivity index (χ4v) is 2.34. The van der Waals surface area contributed by atoms with Crippen molar-refractivity contribution in [1.82, 2.24) is 15.3 Å². The number of hydrogen-bond donors (Lipinski definition) is 2. The predicted octanol–water partition coefficient (Wildman–Crippen LogP) is 2.74. The van der Waals surface area contributed by atoms with E-state index in [4.69, 9.17) is 0 Å². The van der Waals surface area contributed by atoms with E-state index in [2.05, 4.69) is 15.3 Å². The molecule has 6 heteroatoms. The van der Waals surface area contributed by atoms with Crippen LogP contribution in [0.15, 0.2) is 42.5 Å². The Labute approximate surface area is 131 Å². The number of imidazole rings is 1. The first kappa shape index (κ1) is 15.1. The third kappa shape index (κ3) is 3.71. The number of nitrogens with zero attached hydrogens (tertiary/aromatic N) is 1. The van der Waals surface area contributed by atoms with Gasteiger partial charge in [-0.2, -0.15) is 0 Å². The molecule has 1 aromatic heterocycles. The Morgan fingerprint density at radius 2 is 1.96 bits per heavy atom.